The normalized spacial score (nSPS) is 10.6. The van der Waals surface area contributed by atoms with Crippen molar-refractivity contribution >= 4 is 17.4 Å². The van der Waals surface area contributed by atoms with E-state index < -0.39 is 17.8 Å². The predicted octanol–water partition coefficient (Wildman–Crippen LogP) is 2.42. The molecule has 2 N–H and O–H groups in total. The number of Topliss-reactive ketones (excluding diaryl/α,β-unsaturated/α-hetero) is 1. The molecule has 0 bridgehead atoms. The summed E-state index contributed by atoms with van der Waals surface area (Å²) < 4.78 is 25.0. The minimum absolute atomic E-state index is 0.102. The van der Waals surface area contributed by atoms with E-state index in [4.69, 9.17) is 17.3 Å². The van der Waals surface area contributed by atoms with Crippen LogP contribution in [0.5, 0.6) is 0 Å². The van der Waals surface area contributed by atoms with Crippen LogP contribution in [0.25, 0.3) is 0 Å². The van der Waals surface area contributed by atoms with E-state index in [1.807, 2.05) is 0 Å². The highest BCUT2D eigenvalue weighted by atomic mass is 35.5. The molecule has 14 heavy (non-hydrogen) atoms. The van der Waals surface area contributed by atoms with E-state index >= 15 is 0 Å². The highest BCUT2D eigenvalue weighted by molar-refractivity contribution is 6.32. The highest BCUT2D eigenvalue weighted by Crippen LogP contribution is 2.30. The van der Waals surface area contributed by atoms with Crippen LogP contribution >= 0.6 is 11.6 Å². The van der Waals surface area contributed by atoms with Gasteiger partial charge in [-0.3, -0.25) is 4.79 Å². The average Bonchev–Trinajstić information content (AvgIpc) is 2.15. The molecule has 1 aromatic rings. The molecule has 1 aromatic carbocycles. The molecule has 0 heterocycles. The summed E-state index contributed by atoms with van der Waals surface area (Å²) in [7, 11) is 0. The molecule has 76 valence electrons. The van der Waals surface area contributed by atoms with E-state index in [1.165, 1.54) is 18.2 Å². The number of nitrogens with two attached hydrogens (primary N) is 1. The zero-order valence-corrected chi connectivity index (χ0v) is 7.89. The summed E-state index contributed by atoms with van der Waals surface area (Å²) in [6, 6.07) is 4.05. The molecule has 0 aliphatic heterocycles. The average molecular weight is 220 g/mol. The molecule has 0 atom stereocenters. The van der Waals surface area contributed by atoms with Crippen LogP contribution in [0, 0.1) is 0 Å². The maximum absolute atomic E-state index is 12.5. The van der Waals surface area contributed by atoms with Crippen LogP contribution in [-0.4, -0.2) is 12.3 Å². The Morgan fingerprint density at radius 3 is 2.64 bits per heavy atom. The van der Waals surface area contributed by atoms with Gasteiger partial charge in [-0.2, -0.15) is 0 Å². The van der Waals surface area contributed by atoms with Gasteiger partial charge < -0.3 is 5.73 Å². The number of hydrogen-bond donors (Lipinski definition) is 1. The molecule has 0 aliphatic carbocycles. The third kappa shape index (κ3) is 2.08. The van der Waals surface area contributed by atoms with Crippen LogP contribution in [0.15, 0.2) is 18.2 Å². The van der Waals surface area contributed by atoms with Gasteiger partial charge in [0.25, 0.3) is 6.43 Å². The molecule has 1 rings (SSSR count). The zero-order valence-electron chi connectivity index (χ0n) is 7.14. The molecule has 0 saturated carbocycles. The second-order valence-corrected chi connectivity index (χ2v) is 3.04. The fourth-order valence-electron chi connectivity index (χ4n) is 1.11. The number of ketones is 1. The van der Waals surface area contributed by atoms with Gasteiger partial charge >= 0.3 is 0 Å². The number of benzene rings is 1. The third-order valence-corrected chi connectivity index (χ3v) is 2.09. The van der Waals surface area contributed by atoms with Crippen molar-refractivity contribution in [3.05, 3.63) is 34.3 Å². The minimum atomic E-state index is -2.77. The van der Waals surface area contributed by atoms with Gasteiger partial charge in [-0.05, 0) is 6.07 Å². The van der Waals surface area contributed by atoms with E-state index in [2.05, 4.69) is 0 Å². The van der Waals surface area contributed by atoms with Crippen molar-refractivity contribution < 1.29 is 13.6 Å². The summed E-state index contributed by atoms with van der Waals surface area (Å²) in [5.41, 5.74) is 4.54. The largest absolute Gasteiger partial charge is 0.324 e. The second-order valence-electron chi connectivity index (χ2n) is 2.63. The monoisotopic (exact) mass is 219 g/mol. The van der Waals surface area contributed by atoms with Crippen LogP contribution in [0.4, 0.5) is 8.78 Å². The summed E-state index contributed by atoms with van der Waals surface area (Å²) in [6.45, 7) is -0.305. The first kappa shape index (κ1) is 11.1. The summed E-state index contributed by atoms with van der Waals surface area (Å²) in [4.78, 5) is 11.2. The molecule has 0 aromatic heterocycles. The van der Waals surface area contributed by atoms with Gasteiger partial charge in [-0.15, -0.1) is 0 Å². The Morgan fingerprint density at radius 1 is 1.50 bits per heavy atom. The van der Waals surface area contributed by atoms with Crippen LogP contribution in [0.3, 0.4) is 0 Å². The van der Waals surface area contributed by atoms with Crippen molar-refractivity contribution in [2.75, 3.05) is 6.54 Å². The van der Waals surface area contributed by atoms with Crippen molar-refractivity contribution in [2.45, 2.75) is 6.43 Å². The Balaban J connectivity index is 3.28. The lowest BCUT2D eigenvalue weighted by Gasteiger charge is -2.08. The lowest BCUT2D eigenvalue weighted by molar-refractivity contribution is 0.0987. The van der Waals surface area contributed by atoms with E-state index in [0.717, 1.165) is 0 Å². The number of hydrogen-bond acceptors (Lipinski definition) is 2. The smallest absolute Gasteiger partial charge is 0.265 e. The van der Waals surface area contributed by atoms with Crippen LogP contribution in [-0.2, 0) is 0 Å². The molecular weight excluding hydrogens is 212 g/mol. The molecule has 0 saturated heterocycles. The quantitative estimate of drug-likeness (QED) is 0.794. The number of carbonyl (C=O) groups is 1. The number of carbonyl (C=O) groups excluding carboxylic acids is 1. The Kier molecular flexibility index (Phi) is 3.55. The maximum atomic E-state index is 12.5. The molecule has 0 aliphatic rings. The molecule has 2 nitrogen and oxygen atoms in total. The lowest BCUT2D eigenvalue weighted by atomic mass is 10.0. The van der Waals surface area contributed by atoms with Crippen LogP contribution in [0.2, 0.25) is 5.02 Å². The van der Waals surface area contributed by atoms with E-state index in [-0.39, 0.29) is 17.1 Å². The fourth-order valence-corrected chi connectivity index (χ4v) is 1.37. The Hall–Kier alpha value is -1.00. The number of rotatable bonds is 3. The van der Waals surface area contributed by atoms with Crippen LogP contribution in [0.1, 0.15) is 22.3 Å². The second kappa shape index (κ2) is 4.48. The van der Waals surface area contributed by atoms with Gasteiger partial charge in [0.15, 0.2) is 5.78 Å². The topological polar surface area (TPSA) is 43.1 Å². The summed E-state index contributed by atoms with van der Waals surface area (Å²) in [5, 5.41) is -0.112. The summed E-state index contributed by atoms with van der Waals surface area (Å²) >= 11 is 5.55. The Labute approximate surface area is 84.7 Å². The number of halogens is 3. The van der Waals surface area contributed by atoms with E-state index in [0.29, 0.717) is 0 Å². The first-order chi connectivity index (χ1) is 6.57. The molecule has 5 heteroatoms. The van der Waals surface area contributed by atoms with Crippen molar-refractivity contribution in [1.29, 1.82) is 0 Å². The molecular formula is C9H8ClF2NO. The van der Waals surface area contributed by atoms with Crippen molar-refractivity contribution in [1.82, 2.24) is 0 Å². The highest BCUT2D eigenvalue weighted by Gasteiger charge is 2.20. The van der Waals surface area contributed by atoms with Gasteiger partial charge in [0.2, 0.25) is 0 Å². The maximum Gasteiger partial charge on any atom is 0.265 e. The molecule has 0 fully saturated rings. The third-order valence-electron chi connectivity index (χ3n) is 1.76. The zero-order chi connectivity index (χ0) is 10.7. The van der Waals surface area contributed by atoms with Crippen molar-refractivity contribution in [3.8, 4) is 0 Å². The molecule has 0 spiro atoms. The van der Waals surface area contributed by atoms with Gasteiger partial charge in [-0.25, -0.2) is 8.78 Å². The Bertz CT molecular complexity index is 355. The SMILES string of the molecule is NCC(=O)c1cccc(Cl)c1C(F)F. The van der Waals surface area contributed by atoms with Gasteiger partial charge in [0, 0.05) is 11.1 Å². The predicted molar refractivity (Wildman–Crippen MR) is 49.8 cm³/mol. The molecule has 0 unspecified atom stereocenters. The minimum Gasteiger partial charge on any atom is -0.324 e. The number of alkyl halides is 2. The molecule has 0 amide bonds. The molecule has 0 radical (unpaired) electrons. The van der Waals surface area contributed by atoms with Gasteiger partial charge in [0.1, 0.15) is 0 Å². The summed E-state index contributed by atoms with van der Waals surface area (Å²) in [6.07, 6.45) is -2.77. The lowest BCUT2D eigenvalue weighted by Crippen LogP contribution is -2.15. The van der Waals surface area contributed by atoms with Crippen molar-refractivity contribution in [3.63, 3.8) is 0 Å². The fraction of sp³-hybridized carbons (Fsp3) is 0.222. The first-order valence-electron chi connectivity index (χ1n) is 3.87. The van der Waals surface area contributed by atoms with E-state index in [9.17, 15) is 13.6 Å². The Morgan fingerprint density at radius 2 is 2.14 bits per heavy atom. The van der Waals surface area contributed by atoms with Gasteiger partial charge in [0.05, 0.1) is 11.6 Å². The van der Waals surface area contributed by atoms with Gasteiger partial charge in [-0.1, -0.05) is 23.7 Å². The van der Waals surface area contributed by atoms with E-state index in [1.54, 1.807) is 0 Å². The summed E-state index contributed by atoms with van der Waals surface area (Å²) in [5.74, 6) is -0.539. The first-order valence-corrected chi connectivity index (χ1v) is 4.25. The van der Waals surface area contributed by atoms with Crippen molar-refractivity contribution in [2.24, 2.45) is 5.73 Å². The van der Waals surface area contributed by atoms with Crippen LogP contribution < -0.4 is 5.73 Å². The standard InChI is InChI=1S/C9H8ClF2NO/c10-6-3-1-2-5(7(14)4-13)8(6)9(11)12/h1-3,9H,4,13H2.